The molecule has 1 heterocycles. The molecule has 66 valence electrons. The Bertz CT molecular complexity index is 276. The molecule has 0 aliphatic carbocycles. The highest BCUT2D eigenvalue weighted by Gasteiger charge is 2.05. The van der Waals surface area contributed by atoms with Crippen LogP contribution in [0.25, 0.3) is 0 Å². The predicted molar refractivity (Wildman–Crippen MR) is 39.1 cm³/mol. The Morgan fingerprint density at radius 2 is 2.50 bits per heavy atom. The van der Waals surface area contributed by atoms with Crippen LogP contribution in [0.2, 0.25) is 0 Å². The van der Waals surface area contributed by atoms with Crippen LogP contribution >= 0.6 is 0 Å². The van der Waals surface area contributed by atoms with Gasteiger partial charge in [-0.25, -0.2) is 4.68 Å². The van der Waals surface area contributed by atoms with Crippen molar-refractivity contribution < 1.29 is 14.3 Å². The van der Waals surface area contributed by atoms with Gasteiger partial charge in [-0.05, 0) is 0 Å². The van der Waals surface area contributed by atoms with Gasteiger partial charge in [0.1, 0.15) is 0 Å². The molecule has 4 nitrogen and oxygen atoms in total. The molecule has 1 rings (SSSR count). The highest BCUT2D eigenvalue weighted by molar-refractivity contribution is 5.66. The molecule has 5 heteroatoms. The van der Waals surface area contributed by atoms with E-state index in [1.54, 1.807) is 0 Å². The lowest BCUT2D eigenvalue weighted by Crippen LogP contribution is -1.99. The Labute approximate surface area is 68.6 Å². The Morgan fingerprint density at radius 3 is 2.92 bits per heavy atom. The maximum atomic E-state index is 12.6. The van der Waals surface area contributed by atoms with Crippen LogP contribution in [-0.2, 0) is 18.3 Å². The molecular weight excluding hydrogens is 163 g/mol. The molecule has 0 spiro atoms. The third-order valence-electron chi connectivity index (χ3n) is 1.47. The molecule has 0 bridgehead atoms. The fourth-order valence-corrected chi connectivity index (χ4v) is 0.857. The Kier molecular flexibility index (Phi) is 2.42. The van der Waals surface area contributed by atoms with Crippen molar-refractivity contribution in [2.75, 3.05) is 0 Å². The van der Waals surface area contributed by atoms with Gasteiger partial charge in [-0.15, -0.1) is 0 Å². The van der Waals surface area contributed by atoms with Gasteiger partial charge < -0.3 is 5.11 Å². The molecule has 0 aliphatic heterocycles. The minimum atomic E-state index is -0.902. The maximum Gasteiger partial charge on any atom is 0.303 e. The number of rotatable bonds is 3. The summed E-state index contributed by atoms with van der Waals surface area (Å²) in [6.07, 6.45) is 0.254. The van der Waals surface area contributed by atoms with Gasteiger partial charge in [0, 0.05) is 19.5 Å². The number of carboxylic acid groups (broad SMARTS) is 1. The van der Waals surface area contributed by atoms with Gasteiger partial charge in [0.05, 0.1) is 12.1 Å². The zero-order chi connectivity index (χ0) is 9.14. The first-order valence-electron chi connectivity index (χ1n) is 3.50. The first-order chi connectivity index (χ1) is 5.59. The summed E-state index contributed by atoms with van der Waals surface area (Å²) in [5.74, 6) is -1.35. The molecular formula is C7H9FN2O2. The van der Waals surface area contributed by atoms with Crippen LogP contribution in [0.3, 0.4) is 0 Å². The van der Waals surface area contributed by atoms with E-state index in [2.05, 4.69) is 5.10 Å². The van der Waals surface area contributed by atoms with Crippen LogP contribution in [-0.4, -0.2) is 20.9 Å². The fraction of sp³-hybridized carbons (Fsp3) is 0.429. The summed E-state index contributed by atoms with van der Waals surface area (Å²) >= 11 is 0. The number of carboxylic acids is 1. The monoisotopic (exact) mass is 172 g/mol. The number of halogens is 1. The van der Waals surface area contributed by atoms with Crippen molar-refractivity contribution in [2.45, 2.75) is 12.8 Å². The van der Waals surface area contributed by atoms with Gasteiger partial charge in [0.15, 0.2) is 0 Å². The second-order valence-electron chi connectivity index (χ2n) is 2.48. The number of aliphatic carboxylic acids is 1. The van der Waals surface area contributed by atoms with E-state index in [1.807, 2.05) is 0 Å². The molecule has 0 fully saturated rings. The maximum absolute atomic E-state index is 12.6. The number of aromatic nitrogens is 2. The zero-order valence-corrected chi connectivity index (χ0v) is 6.62. The third kappa shape index (κ3) is 2.05. The summed E-state index contributed by atoms with van der Waals surface area (Å²) in [5, 5.41) is 12.1. The van der Waals surface area contributed by atoms with Crippen molar-refractivity contribution in [3.63, 3.8) is 0 Å². The average molecular weight is 172 g/mol. The van der Waals surface area contributed by atoms with E-state index in [1.165, 1.54) is 13.1 Å². The lowest BCUT2D eigenvalue weighted by molar-refractivity contribution is -0.136. The van der Waals surface area contributed by atoms with E-state index in [-0.39, 0.29) is 12.8 Å². The van der Waals surface area contributed by atoms with Crippen molar-refractivity contribution >= 4 is 5.97 Å². The van der Waals surface area contributed by atoms with Crippen molar-refractivity contribution in [1.29, 1.82) is 0 Å². The molecule has 0 aromatic carbocycles. The first kappa shape index (κ1) is 8.70. The summed E-state index contributed by atoms with van der Waals surface area (Å²) in [7, 11) is 1.47. The van der Waals surface area contributed by atoms with Crippen molar-refractivity contribution in [1.82, 2.24) is 9.78 Å². The minimum Gasteiger partial charge on any atom is -0.481 e. The van der Waals surface area contributed by atoms with Crippen LogP contribution < -0.4 is 0 Å². The molecule has 12 heavy (non-hydrogen) atoms. The number of carbonyl (C=O) groups is 1. The largest absolute Gasteiger partial charge is 0.481 e. The van der Waals surface area contributed by atoms with Gasteiger partial charge in [0.2, 0.25) is 5.95 Å². The predicted octanol–water partition coefficient (Wildman–Crippen LogP) is 0.576. The lowest BCUT2D eigenvalue weighted by atomic mass is 10.2. The van der Waals surface area contributed by atoms with E-state index < -0.39 is 11.9 Å². The van der Waals surface area contributed by atoms with Crippen LogP contribution in [0.1, 0.15) is 12.1 Å². The molecule has 0 unspecified atom stereocenters. The normalized spacial score (nSPS) is 10.2. The molecule has 0 radical (unpaired) electrons. The Morgan fingerprint density at radius 1 is 1.83 bits per heavy atom. The molecule has 0 saturated carbocycles. The molecule has 0 amide bonds. The smallest absolute Gasteiger partial charge is 0.303 e. The van der Waals surface area contributed by atoms with Crippen LogP contribution in [0.15, 0.2) is 6.07 Å². The van der Waals surface area contributed by atoms with E-state index >= 15 is 0 Å². The summed E-state index contributed by atoms with van der Waals surface area (Å²) in [5.41, 5.74) is 0.470. The van der Waals surface area contributed by atoms with E-state index in [9.17, 15) is 9.18 Å². The lowest BCUT2D eigenvalue weighted by Gasteiger charge is -1.90. The summed E-state index contributed by atoms with van der Waals surface area (Å²) in [6.45, 7) is 0. The van der Waals surface area contributed by atoms with E-state index in [4.69, 9.17) is 5.11 Å². The number of hydrogen-bond acceptors (Lipinski definition) is 2. The highest BCUT2D eigenvalue weighted by Crippen LogP contribution is 2.03. The summed E-state index contributed by atoms with van der Waals surface area (Å²) in [6, 6.07) is 1.24. The molecule has 0 saturated heterocycles. The van der Waals surface area contributed by atoms with Gasteiger partial charge in [-0.3, -0.25) is 4.79 Å². The van der Waals surface area contributed by atoms with Crippen LogP contribution in [0.5, 0.6) is 0 Å². The van der Waals surface area contributed by atoms with E-state index in [0.717, 1.165) is 4.68 Å². The summed E-state index contributed by atoms with van der Waals surface area (Å²) < 4.78 is 13.7. The number of nitrogens with zero attached hydrogens (tertiary/aromatic N) is 2. The number of hydrogen-bond donors (Lipinski definition) is 1. The SMILES string of the molecule is Cn1nc(CCC(=O)O)cc1F. The summed E-state index contributed by atoms with van der Waals surface area (Å²) in [4.78, 5) is 10.1. The third-order valence-corrected chi connectivity index (χ3v) is 1.47. The van der Waals surface area contributed by atoms with Gasteiger partial charge in [-0.1, -0.05) is 0 Å². The Balaban J connectivity index is 2.58. The second-order valence-corrected chi connectivity index (χ2v) is 2.48. The molecule has 1 aromatic rings. The van der Waals surface area contributed by atoms with Crippen molar-refractivity contribution in [3.05, 3.63) is 17.7 Å². The molecule has 0 aliphatic rings. The van der Waals surface area contributed by atoms with Crippen molar-refractivity contribution in [3.8, 4) is 0 Å². The fourth-order valence-electron chi connectivity index (χ4n) is 0.857. The molecule has 0 atom stereocenters. The average Bonchev–Trinajstić information content (AvgIpc) is 2.28. The standard InChI is InChI=1S/C7H9FN2O2/c1-10-6(8)4-5(9-10)2-3-7(11)12/h4H,2-3H2,1H3,(H,11,12). The van der Waals surface area contributed by atoms with Gasteiger partial charge in [0.25, 0.3) is 0 Å². The Hall–Kier alpha value is -1.39. The van der Waals surface area contributed by atoms with Gasteiger partial charge in [-0.2, -0.15) is 9.49 Å². The van der Waals surface area contributed by atoms with Crippen LogP contribution in [0.4, 0.5) is 4.39 Å². The minimum absolute atomic E-state index is 0.0174. The van der Waals surface area contributed by atoms with Gasteiger partial charge >= 0.3 is 5.97 Å². The molecule has 1 aromatic heterocycles. The quantitative estimate of drug-likeness (QED) is 0.725. The number of aryl methyl sites for hydroxylation is 2. The first-order valence-corrected chi connectivity index (χ1v) is 3.50. The zero-order valence-electron chi connectivity index (χ0n) is 6.62. The van der Waals surface area contributed by atoms with Crippen molar-refractivity contribution in [2.24, 2.45) is 7.05 Å². The van der Waals surface area contributed by atoms with Crippen LogP contribution in [0, 0.1) is 5.95 Å². The second kappa shape index (κ2) is 3.34. The topological polar surface area (TPSA) is 55.1 Å². The van der Waals surface area contributed by atoms with E-state index in [0.29, 0.717) is 5.69 Å². The molecule has 1 N–H and O–H groups in total. The highest BCUT2D eigenvalue weighted by atomic mass is 19.1.